The minimum Gasteiger partial charge on any atom is -0.465 e. The van der Waals surface area contributed by atoms with Gasteiger partial charge in [0.1, 0.15) is 0 Å². The molecule has 94 valence electrons. The van der Waals surface area contributed by atoms with Gasteiger partial charge in [-0.15, -0.1) is 13.2 Å². The monoisotopic (exact) mass is 253 g/mol. The average molecular weight is 253 g/mol. The molecule has 17 heavy (non-hydrogen) atoms. The highest BCUT2D eigenvalue weighted by atomic mass is 19.4. The summed E-state index contributed by atoms with van der Waals surface area (Å²) in [6.07, 6.45) is -5.08. The third-order valence-corrected chi connectivity index (χ3v) is 1.71. The molecule has 1 aromatic rings. The minimum absolute atomic E-state index is 0.342. The number of hydrogen-bond donors (Lipinski definition) is 1. The van der Waals surface area contributed by atoms with Gasteiger partial charge in [0.25, 0.3) is 0 Å². The molecule has 0 bridgehead atoms. The fraction of sp³-hybridized carbons (Fsp3) is 0.222. The van der Waals surface area contributed by atoms with Gasteiger partial charge in [-0.25, -0.2) is 9.18 Å². The van der Waals surface area contributed by atoms with Crippen molar-refractivity contribution in [1.29, 1.82) is 0 Å². The standard InChI is InChI=1S/C9H7F4NO3/c1-16-8(15)4-2-5(14)7(10)6(3-4)17-9(11,12)13/h2-3H,14H2,1H3. The first-order valence-corrected chi connectivity index (χ1v) is 4.17. The Hall–Kier alpha value is -1.99. The molecule has 0 aromatic heterocycles. The van der Waals surface area contributed by atoms with Crippen LogP contribution in [-0.2, 0) is 4.74 Å². The van der Waals surface area contributed by atoms with Gasteiger partial charge in [0.15, 0.2) is 11.6 Å². The fourth-order valence-corrected chi connectivity index (χ4v) is 1.05. The van der Waals surface area contributed by atoms with Crippen molar-refractivity contribution < 1.29 is 31.8 Å². The highest BCUT2D eigenvalue weighted by molar-refractivity contribution is 5.91. The zero-order valence-corrected chi connectivity index (χ0v) is 8.47. The van der Waals surface area contributed by atoms with Crippen LogP contribution in [0, 0.1) is 5.82 Å². The van der Waals surface area contributed by atoms with E-state index in [4.69, 9.17) is 5.73 Å². The van der Waals surface area contributed by atoms with E-state index in [0.717, 1.165) is 13.2 Å². The molecule has 0 aliphatic carbocycles. The Bertz CT molecular complexity index is 445. The number of alkyl halides is 3. The maximum absolute atomic E-state index is 13.2. The average Bonchev–Trinajstić information content (AvgIpc) is 2.21. The lowest BCUT2D eigenvalue weighted by molar-refractivity contribution is -0.275. The zero-order chi connectivity index (χ0) is 13.2. The highest BCUT2D eigenvalue weighted by Crippen LogP contribution is 2.30. The van der Waals surface area contributed by atoms with Gasteiger partial charge >= 0.3 is 12.3 Å². The van der Waals surface area contributed by atoms with Crippen molar-refractivity contribution >= 4 is 11.7 Å². The summed E-state index contributed by atoms with van der Waals surface area (Å²) in [6.45, 7) is 0. The lowest BCUT2D eigenvalue weighted by Gasteiger charge is -2.11. The van der Waals surface area contributed by atoms with Crippen LogP contribution >= 0.6 is 0 Å². The Morgan fingerprint density at radius 1 is 1.35 bits per heavy atom. The summed E-state index contributed by atoms with van der Waals surface area (Å²) in [5, 5.41) is 0. The van der Waals surface area contributed by atoms with Crippen molar-refractivity contribution in [2.24, 2.45) is 0 Å². The predicted octanol–water partition coefficient (Wildman–Crippen LogP) is 2.09. The third-order valence-electron chi connectivity index (χ3n) is 1.71. The van der Waals surface area contributed by atoms with E-state index in [2.05, 4.69) is 9.47 Å². The number of anilines is 1. The van der Waals surface area contributed by atoms with Crippen molar-refractivity contribution in [2.45, 2.75) is 6.36 Å². The van der Waals surface area contributed by atoms with E-state index in [-0.39, 0.29) is 5.56 Å². The summed E-state index contributed by atoms with van der Waals surface area (Å²) in [5.74, 6) is -3.53. The molecule has 0 aliphatic heterocycles. The number of methoxy groups -OCH3 is 1. The molecule has 0 atom stereocenters. The van der Waals surface area contributed by atoms with E-state index in [1.54, 1.807) is 0 Å². The van der Waals surface area contributed by atoms with Gasteiger partial charge in [0, 0.05) is 0 Å². The Kier molecular flexibility index (Phi) is 3.45. The van der Waals surface area contributed by atoms with Gasteiger partial charge in [-0.3, -0.25) is 0 Å². The molecule has 0 unspecified atom stereocenters. The van der Waals surface area contributed by atoms with Crippen LogP contribution in [0.4, 0.5) is 23.2 Å². The summed E-state index contributed by atoms with van der Waals surface area (Å²) in [5.41, 5.74) is 4.11. The van der Waals surface area contributed by atoms with Gasteiger partial charge in [-0.1, -0.05) is 0 Å². The normalized spacial score (nSPS) is 11.1. The number of esters is 1. The molecule has 0 fully saturated rings. The number of ether oxygens (including phenoxy) is 2. The van der Waals surface area contributed by atoms with Gasteiger partial charge in [0.05, 0.1) is 18.4 Å². The summed E-state index contributed by atoms with van der Waals surface area (Å²) in [4.78, 5) is 11.1. The van der Waals surface area contributed by atoms with E-state index in [1.165, 1.54) is 0 Å². The second-order valence-electron chi connectivity index (χ2n) is 2.92. The smallest absolute Gasteiger partial charge is 0.465 e. The SMILES string of the molecule is COC(=O)c1cc(N)c(F)c(OC(F)(F)F)c1. The lowest BCUT2D eigenvalue weighted by atomic mass is 10.2. The van der Waals surface area contributed by atoms with E-state index < -0.39 is 29.6 Å². The number of hydrogen-bond acceptors (Lipinski definition) is 4. The van der Waals surface area contributed by atoms with E-state index in [0.29, 0.717) is 6.07 Å². The van der Waals surface area contributed by atoms with Crippen LogP contribution < -0.4 is 10.5 Å². The van der Waals surface area contributed by atoms with Crippen molar-refractivity contribution in [3.63, 3.8) is 0 Å². The summed E-state index contributed by atoms with van der Waals surface area (Å²) in [7, 11) is 1.02. The molecule has 0 radical (unpaired) electrons. The molecule has 0 saturated heterocycles. The summed E-state index contributed by atoms with van der Waals surface area (Å²) >= 11 is 0. The highest BCUT2D eigenvalue weighted by Gasteiger charge is 2.33. The van der Waals surface area contributed by atoms with Crippen LogP contribution in [-0.4, -0.2) is 19.4 Å². The molecular formula is C9H7F4NO3. The number of halogens is 4. The van der Waals surface area contributed by atoms with Crippen molar-refractivity contribution in [3.8, 4) is 5.75 Å². The second-order valence-corrected chi connectivity index (χ2v) is 2.92. The van der Waals surface area contributed by atoms with E-state index in [1.807, 2.05) is 0 Å². The van der Waals surface area contributed by atoms with Gasteiger partial charge in [-0.05, 0) is 12.1 Å². The Labute approximate surface area is 92.9 Å². The quantitative estimate of drug-likeness (QED) is 0.498. The van der Waals surface area contributed by atoms with Crippen molar-refractivity contribution in [2.75, 3.05) is 12.8 Å². The summed E-state index contributed by atoms with van der Waals surface area (Å²) < 4.78 is 56.6. The Balaban J connectivity index is 3.20. The number of nitrogens with two attached hydrogens (primary N) is 1. The zero-order valence-electron chi connectivity index (χ0n) is 8.47. The molecule has 8 heteroatoms. The number of benzene rings is 1. The molecule has 4 nitrogen and oxygen atoms in total. The Morgan fingerprint density at radius 3 is 2.41 bits per heavy atom. The molecule has 0 amide bonds. The largest absolute Gasteiger partial charge is 0.573 e. The molecule has 1 aromatic carbocycles. The molecule has 2 N–H and O–H groups in total. The lowest BCUT2D eigenvalue weighted by Crippen LogP contribution is -2.19. The Morgan fingerprint density at radius 2 is 1.94 bits per heavy atom. The predicted molar refractivity (Wildman–Crippen MR) is 48.8 cm³/mol. The first kappa shape index (κ1) is 13.1. The van der Waals surface area contributed by atoms with Crippen LogP contribution in [0.5, 0.6) is 5.75 Å². The van der Waals surface area contributed by atoms with Crippen LogP contribution in [0.2, 0.25) is 0 Å². The first-order chi connectivity index (χ1) is 7.74. The molecular weight excluding hydrogens is 246 g/mol. The molecule has 0 heterocycles. The maximum atomic E-state index is 13.2. The van der Waals surface area contributed by atoms with E-state index in [9.17, 15) is 22.4 Å². The van der Waals surface area contributed by atoms with Crippen LogP contribution in [0.1, 0.15) is 10.4 Å². The van der Waals surface area contributed by atoms with Gasteiger partial charge in [0.2, 0.25) is 0 Å². The topological polar surface area (TPSA) is 61.5 Å². The molecule has 1 rings (SSSR count). The van der Waals surface area contributed by atoms with Crippen LogP contribution in [0.3, 0.4) is 0 Å². The third kappa shape index (κ3) is 3.23. The number of rotatable bonds is 2. The van der Waals surface area contributed by atoms with Crippen molar-refractivity contribution in [3.05, 3.63) is 23.5 Å². The van der Waals surface area contributed by atoms with Crippen LogP contribution in [0.25, 0.3) is 0 Å². The number of carbonyl (C=O) groups excluding carboxylic acids is 1. The molecule has 0 spiro atoms. The van der Waals surface area contributed by atoms with Crippen molar-refractivity contribution in [1.82, 2.24) is 0 Å². The second kappa shape index (κ2) is 4.48. The van der Waals surface area contributed by atoms with E-state index >= 15 is 0 Å². The molecule has 0 aliphatic rings. The molecule has 0 saturated carbocycles. The van der Waals surface area contributed by atoms with Gasteiger partial charge in [-0.2, -0.15) is 0 Å². The number of nitrogen functional groups attached to an aromatic ring is 1. The number of carbonyl (C=O) groups is 1. The fourth-order valence-electron chi connectivity index (χ4n) is 1.05. The summed E-state index contributed by atoms with van der Waals surface area (Å²) in [6, 6.07) is 1.41. The maximum Gasteiger partial charge on any atom is 0.573 e. The first-order valence-electron chi connectivity index (χ1n) is 4.17. The van der Waals surface area contributed by atoms with Crippen LogP contribution in [0.15, 0.2) is 12.1 Å². The minimum atomic E-state index is -5.08. The van der Waals surface area contributed by atoms with Gasteiger partial charge < -0.3 is 15.2 Å².